The van der Waals surface area contributed by atoms with Gasteiger partial charge in [-0.2, -0.15) is 0 Å². The van der Waals surface area contributed by atoms with Crippen molar-refractivity contribution in [3.8, 4) is 0 Å². The predicted octanol–water partition coefficient (Wildman–Crippen LogP) is 1.76. The molecule has 1 rings (SSSR count). The van der Waals surface area contributed by atoms with Crippen LogP contribution in [0, 0.1) is 0 Å². The molecule has 1 heterocycles. The number of guanidine groups is 1. The third kappa shape index (κ3) is 10.2. The number of esters is 1. The second-order valence-corrected chi connectivity index (χ2v) is 6.07. The van der Waals surface area contributed by atoms with Crippen LogP contribution in [0.1, 0.15) is 51.4 Å². The van der Waals surface area contributed by atoms with Crippen molar-refractivity contribution in [2.24, 2.45) is 4.99 Å². The van der Waals surface area contributed by atoms with Crippen LogP contribution in [0.2, 0.25) is 0 Å². The summed E-state index contributed by atoms with van der Waals surface area (Å²) in [5.74, 6) is 0.776. The van der Waals surface area contributed by atoms with E-state index in [4.69, 9.17) is 0 Å². The largest absolute Gasteiger partial charge is 0.469 e. The van der Waals surface area contributed by atoms with Crippen LogP contribution in [0.15, 0.2) is 4.99 Å². The molecule has 134 valence electrons. The minimum Gasteiger partial charge on any atom is -0.469 e. The Morgan fingerprint density at radius 2 is 1.74 bits per heavy atom. The molecule has 0 aromatic rings. The van der Waals surface area contributed by atoms with E-state index in [0.29, 0.717) is 6.42 Å². The molecule has 23 heavy (non-hydrogen) atoms. The van der Waals surface area contributed by atoms with Gasteiger partial charge in [0.25, 0.3) is 0 Å². The van der Waals surface area contributed by atoms with Crippen molar-refractivity contribution in [2.75, 3.05) is 46.9 Å². The summed E-state index contributed by atoms with van der Waals surface area (Å²) in [4.78, 5) is 17.8. The summed E-state index contributed by atoms with van der Waals surface area (Å²) < 4.78 is 4.63. The van der Waals surface area contributed by atoms with Gasteiger partial charge in [-0.1, -0.05) is 19.3 Å². The summed E-state index contributed by atoms with van der Waals surface area (Å²) >= 11 is 0. The maximum absolute atomic E-state index is 11.0. The van der Waals surface area contributed by atoms with Gasteiger partial charge in [-0.25, -0.2) is 0 Å². The fourth-order valence-corrected chi connectivity index (χ4v) is 2.79. The summed E-state index contributed by atoms with van der Waals surface area (Å²) in [7, 11) is 3.25. The van der Waals surface area contributed by atoms with Crippen molar-refractivity contribution in [1.82, 2.24) is 15.5 Å². The lowest BCUT2D eigenvalue weighted by Gasteiger charge is -2.26. The van der Waals surface area contributed by atoms with Gasteiger partial charge in [-0.15, -0.1) is 0 Å². The number of carbonyl (C=O) groups is 1. The summed E-state index contributed by atoms with van der Waals surface area (Å²) in [5, 5.41) is 6.72. The quantitative estimate of drug-likeness (QED) is 0.277. The number of hydrogen-bond donors (Lipinski definition) is 2. The second kappa shape index (κ2) is 13.2. The normalized spacial score (nSPS) is 16.2. The van der Waals surface area contributed by atoms with Crippen molar-refractivity contribution >= 4 is 11.9 Å². The molecular formula is C17H34N4O2. The Morgan fingerprint density at radius 3 is 2.43 bits per heavy atom. The van der Waals surface area contributed by atoms with Crippen LogP contribution in [0.4, 0.5) is 0 Å². The van der Waals surface area contributed by atoms with E-state index in [1.54, 1.807) is 0 Å². The third-order valence-electron chi connectivity index (χ3n) is 4.22. The lowest BCUT2D eigenvalue weighted by Crippen LogP contribution is -2.42. The van der Waals surface area contributed by atoms with Crippen LogP contribution in [0.25, 0.3) is 0 Å². The number of rotatable bonds is 10. The predicted molar refractivity (Wildman–Crippen MR) is 94.8 cm³/mol. The molecule has 0 aromatic carbocycles. The van der Waals surface area contributed by atoms with Gasteiger partial charge in [0, 0.05) is 33.1 Å². The van der Waals surface area contributed by atoms with Gasteiger partial charge in [0.1, 0.15) is 0 Å². The van der Waals surface area contributed by atoms with Crippen LogP contribution in [0.5, 0.6) is 0 Å². The Labute approximate surface area is 141 Å². The Hall–Kier alpha value is -1.30. The number of hydrogen-bond acceptors (Lipinski definition) is 4. The van der Waals surface area contributed by atoms with Gasteiger partial charge in [0.15, 0.2) is 5.96 Å². The first kappa shape index (κ1) is 19.7. The van der Waals surface area contributed by atoms with Crippen LogP contribution >= 0.6 is 0 Å². The molecule has 0 saturated carbocycles. The minimum atomic E-state index is -0.110. The fraction of sp³-hybridized carbons (Fsp3) is 0.882. The number of likely N-dealkylation sites (tertiary alicyclic amines) is 1. The molecule has 0 amide bonds. The molecule has 0 bridgehead atoms. The van der Waals surface area contributed by atoms with Gasteiger partial charge >= 0.3 is 5.97 Å². The lowest BCUT2D eigenvalue weighted by molar-refractivity contribution is -0.140. The monoisotopic (exact) mass is 326 g/mol. The second-order valence-electron chi connectivity index (χ2n) is 6.07. The number of nitrogens with zero attached hydrogens (tertiary/aromatic N) is 2. The highest BCUT2D eigenvalue weighted by Crippen LogP contribution is 2.07. The summed E-state index contributed by atoms with van der Waals surface area (Å²) in [5.41, 5.74) is 0. The molecule has 6 heteroatoms. The average Bonchev–Trinajstić information content (AvgIpc) is 2.59. The Bertz CT molecular complexity index is 341. The molecule has 1 aliphatic heterocycles. The Morgan fingerprint density at radius 1 is 1.04 bits per heavy atom. The summed E-state index contributed by atoms with van der Waals surface area (Å²) in [6.45, 7) is 5.42. The first-order valence-electron chi connectivity index (χ1n) is 9.00. The molecule has 0 aliphatic carbocycles. The van der Waals surface area contributed by atoms with E-state index >= 15 is 0 Å². The van der Waals surface area contributed by atoms with Gasteiger partial charge in [0.05, 0.1) is 7.11 Å². The van der Waals surface area contributed by atoms with Crippen molar-refractivity contribution in [1.29, 1.82) is 0 Å². The van der Waals surface area contributed by atoms with E-state index in [2.05, 4.69) is 25.3 Å². The zero-order chi connectivity index (χ0) is 16.8. The number of aliphatic imine (C=N–C) groups is 1. The SMILES string of the molecule is CN=C(NCCCCCCC(=O)OC)NCCN1CCCCC1. The number of ether oxygens (including phenoxy) is 1. The standard InChI is InChI=1S/C17H34N4O2/c1-18-17(20-12-15-21-13-8-5-9-14-21)19-11-7-4-3-6-10-16(22)23-2/h3-15H2,1-2H3,(H2,18,19,20). The molecule has 1 saturated heterocycles. The Kier molecular flexibility index (Phi) is 11.3. The minimum absolute atomic E-state index is 0.110. The highest BCUT2D eigenvalue weighted by atomic mass is 16.5. The van der Waals surface area contributed by atoms with Crippen LogP contribution in [0.3, 0.4) is 0 Å². The van der Waals surface area contributed by atoms with Gasteiger partial charge < -0.3 is 20.3 Å². The number of piperidine rings is 1. The van der Waals surface area contributed by atoms with E-state index in [1.165, 1.54) is 39.5 Å². The van der Waals surface area contributed by atoms with Crippen molar-refractivity contribution < 1.29 is 9.53 Å². The number of methoxy groups -OCH3 is 1. The molecule has 0 unspecified atom stereocenters. The highest BCUT2D eigenvalue weighted by molar-refractivity contribution is 5.79. The maximum atomic E-state index is 11.0. The van der Waals surface area contributed by atoms with Crippen LogP contribution in [-0.2, 0) is 9.53 Å². The van der Waals surface area contributed by atoms with Crippen LogP contribution in [-0.4, -0.2) is 63.7 Å². The maximum Gasteiger partial charge on any atom is 0.305 e. The fourth-order valence-electron chi connectivity index (χ4n) is 2.79. The smallest absolute Gasteiger partial charge is 0.305 e. The molecule has 1 fully saturated rings. The molecular weight excluding hydrogens is 292 g/mol. The molecule has 0 atom stereocenters. The molecule has 1 aliphatic rings. The van der Waals surface area contributed by atoms with Crippen LogP contribution < -0.4 is 10.6 Å². The van der Waals surface area contributed by atoms with Crippen molar-refractivity contribution in [3.05, 3.63) is 0 Å². The molecule has 0 radical (unpaired) electrons. The number of nitrogens with one attached hydrogen (secondary N) is 2. The first-order chi connectivity index (χ1) is 11.3. The van der Waals surface area contributed by atoms with E-state index in [1.807, 2.05) is 7.05 Å². The van der Waals surface area contributed by atoms with E-state index in [-0.39, 0.29) is 5.97 Å². The molecule has 0 spiro atoms. The molecule has 0 aromatic heterocycles. The molecule has 6 nitrogen and oxygen atoms in total. The zero-order valence-corrected chi connectivity index (χ0v) is 14.9. The van der Waals surface area contributed by atoms with Gasteiger partial charge in [-0.05, 0) is 38.8 Å². The molecule has 2 N–H and O–H groups in total. The number of unbranched alkanes of at least 4 members (excludes halogenated alkanes) is 3. The summed E-state index contributed by atoms with van der Waals surface area (Å²) in [6.07, 6.45) is 8.78. The topological polar surface area (TPSA) is 66.0 Å². The zero-order valence-electron chi connectivity index (χ0n) is 14.9. The van der Waals surface area contributed by atoms with E-state index < -0.39 is 0 Å². The highest BCUT2D eigenvalue weighted by Gasteiger charge is 2.09. The van der Waals surface area contributed by atoms with E-state index in [9.17, 15) is 4.79 Å². The number of carbonyl (C=O) groups excluding carboxylic acids is 1. The average molecular weight is 326 g/mol. The lowest BCUT2D eigenvalue weighted by atomic mass is 10.1. The van der Waals surface area contributed by atoms with E-state index in [0.717, 1.165) is 51.3 Å². The third-order valence-corrected chi connectivity index (χ3v) is 4.22. The van der Waals surface area contributed by atoms with Crippen molar-refractivity contribution in [2.45, 2.75) is 51.4 Å². The summed E-state index contributed by atoms with van der Waals surface area (Å²) in [6, 6.07) is 0. The van der Waals surface area contributed by atoms with Gasteiger partial charge in [0.2, 0.25) is 0 Å². The first-order valence-corrected chi connectivity index (χ1v) is 9.00. The van der Waals surface area contributed by atoms with Gasteiger partial charge in [-0.3, -0.25) is 9.79 Å². The van der Waals surface area contributed by atoms with Crippen molar-refractivity contribution in [3.63, 3.8) is 0 Å². The Balaban J connectivity index is 1.96.